The Morgan fingerprint density at radius 2 is 0.867 bits per heavy atom. The van der Waals surface area contributed by atoms with Gasteiger partial charge < -0.3 is 0 Å². The Morgan fingerprint density at radius 3 is 1.53 bits per heavy atom. The molecule has 4 nitrogen and oxygen atoms in total. The van der Waals surface area contributed by atoms with Crippen LogP contribution in [-0.2, 0) is 0 Å². The summed E-state index contributed by atoms with van der Waals surface area (Å²) in [7, 11) is 0. The van der Waals surface area contributed by atoms with Crippen LogP contribution in [0.4, 0.5) is 0 Å². The van der Waals surface area contributed by atoms with Crippen LogP contribution in [0.1, 0.15) is 0 Å². The molecular weight excluding hydrogens is 569 g/mol. The highest BCUT2D eigenvalue weighted by molar-refractivity contribution is 7.26. The van der Waals surface area contributed by atoms with E-state index in [1.807, 2.05) is 72.0 Å². The zero-order valence-corrected chi connectivity index (χ0v) is 24.9. The lowest BCUT2D eigenvalue weighted by Crippen LogP contribution is -2.00. The molecule has 3 aromatic heterocycles. The van der Waals surface area contributed by atoms with E-state index in [2.05, 4.69) is 84.9 Å². The molecule has 3 heterocycles. The average molecular weight is 593 g/mol. The van der Waals surface area contributed by atoms with Crippen LogP contribution in [0, 0.1) is 0 Å². The summed E-state index contributed by atoms with van der Waals surface area (Å²) in [5.74, 6) is 1.94. The SMILES string of the molecule is c1ccc(-c2nc(-c3ccccc3)nc(-c3ccc(-c4nc5ccccc5c5c4ccc4sc6ccccc6c45)cc3)n2)cc1. The maximum absolute atomic E-state index is 5.22. The molecule has 0 amide bonds. The molecular formula is C40H24N4S. The highest BCUT2D eigenvalue weighted by Gasteiger charge is 2.17. The number of aromatic nitrogens is 4. The number of fused-ring (bicyclic) bond motifs is 7. The van der Waals surface area contributed by atoms with Crippen molar-refractivity contribution < 1.29 is 0 Å². The van der Waals surface area contributed by atoms with Gasteiger partial charge in [-0.15, -0.1) is 11.3 Å². The van der Waals surface area contributed by atoms with Crippen LogP contribution in [-0.4, -0.2) is 19.9 Å². The number of hydrogen-bond donors (Lipinski definition) is 0. The molecule has 0 aliphatic rings. The summed E-state index contributed by atoms with van der Waals surface area (Å²) in [5, 5.41) is 6.17. The van der Waals surface area contributed by atoms with E-state index >= 15 is 0 Å². The van der Waals surface area contributed by atoms with Crippen molar-refractivity contribution in [2.75, 3.05) is 0 Å². The third-order valence-electron chi connectivity index (χ3n) is 8.32. The van der Waals surface area contributed by atoms with Gasteiger partial charge in [-0.2, -0.15) is 0 Å². The van der Waals surface area contributed by atoms with Crippen molar-refractivity contribution in [2.24, 2.45) is 0 Å². The van der Waals surface area contributed by atoms with Gasteiger partial charge in [0.15, 0.2) is 17.5 Å². The maximum atomic E-state index is 5.22. The second-order valence-corrected chi connectivity index (χ2v) is 12.1. The molecule has 0 aliphatic heterocycles. The standard InChI is InChI=1S/C40H24N4S/c1-3-11-26(12-4-1)38-42-39(27-13-5-2-6-14-27)44-40(43-38)28-21-19-25(20-22-28)37-31-23-24-34-36(30-16-8-10-18-33(30)45-34)35(31)29-15-7-9-17-32(29)41-37/h1-24H. The van der Waals surface area contributed by atoms with Gasteiger partial charge in [0.2, 0.25) is 0 Å². The molecule has 0 spiro atoms. The molecule has 0 unspecified atom stereocenters. The van der Waals surface area contributed by atoms with Gasteiger partial charge in [0.05, 0.1) is 11.2 Å². The van der Waals surface area contributed by atoms with Gasteiger partial charge in [-0.3, -0.25) is 0 Å². The van der Waals surface area contributed by atoms with Crippen molar-refractivity contribution in [3.05, 3.63) is 146 Å². The molecule has 0 N–H and O–H groups in total. The molecule has 0 radical (unpaired) electrons. The molecule has 0 bridgehead atoms. The molecule has 9 rings (SSSR count). The lowest BCUT2D eigenvalue weighted by atomic mass is 9.96. The highest BCUT2D eigenvalue weighted by Crippen LogP contribution is 2.43. The first-order chi connectivity index (χ1) is 22.3. The molecule has 0 aliphatic carbocycles. The molecule has 0 saturated heterocycles. The first-order valence-corrected chi connectivity index (χ1v) is 15.7. The van der Waals surface area contributed by atoms with Gasteiger partial charge in [0, 0.05) is 58.6 Å². The van der Waals surface area contributed by atoms with Gasteiger partial charge in [-0.1, -0.05) is 127 Å². The zero-order chi connectivity index (χ0) is 29.7. The minimum absolute atomic E-state index is 0.636. The van der Waals surface area contributed by atoms with Crippen LogP contribution < -0.4 is 0 Å². The minimum Gasteiger partial charge on any atom is -0.247 e. The predicted octanol–water partition coefficient (Wildman–Crippen LogP) is 10.6. The number of rotatable bonds is 4. The quantitative estimate of drug-likeness (QED) is 0.191. The van der Waals surface area contributed by atoms with E-state index in [1.165, 1.54) is 30.9 Å². The molecule has 0 saturated carbocycles. The molecule has 9 aromatic rings. The van der Waals surface area contributed by atoms with Crippen molar-refractivity contribution in [1.29, 1.82) is 0 Å². The second kappa shape index (κ2) is 10.4. The molecule has 5 heteroatoms. The Bertz CT molecular complexity index is 2460. The van der Waals surface area contributed by atoms with Gasteiger partial charge >= 0.3 is 0 Å². The number of hydrogen-bond acceptors (Lipinski definition) is 5. The van der Waals surface area contributed by atoms with Crippen molar-refractivity contribution >= 4 is 53.2 Å². The van der Waals surface area contributed by atoms with E-state index in [0.717, 1.165) is 38.9 Å². The van der Waals surface area contributed by atoms with Crippen molar-refractivity contribution in [2.45, 2.75) is 0 Å². The van der Waals surface area contributed by atoms with Crippen LogP contribution in [0.2, 0.25) is 0 Å². The Hall–Kier alpha value is -5.78. The summed E-state index contributed by atoms with van der Waals surface area (Å²) in [5.41, 5.74) is 5.84. The third-order valence-corrected chi connectivity index (χ3v) is 9.46. The lowest BCUT2D eigenvalue weighted by molar-refractivity contribution is 1.07. The fourth-order valence-corrected chi connectivity index (χ4v) is 7.31. The zero-order valence-electron chi connectivity index (χ0n) is 24.1. The van der Waals surface area contributed by atoms with Crippen molar-refractivity contribution in [3.63, 3.8) is 0 Å². The van der Waals surface area contributed by atoms with Gasteiger partial charge in [-0.05, 0) is 18.2 Å². The first kappa shape index (κ1) is 25.7. The molecule has 0 fully saturated rings. The molecule has 45 heavy (non-hydrogen) atoms. The van der Waals surface area contributed by atoms with Gasteiger partial charge in [0.25, 0.3) is 0 Å². The Kier molecular flexibility index (Phi) is 5.96. The normalized spacial score (nSPS) is 11.6. The van der Waals surface area contributed by atoms with E-state index < -0.39 is 0 Å². The van der Waals surface area contributed by atoms with Crippen LogP contribution in [0.3, 0.4) is 0 Å². The van der Waals surface area contributed by atoms with Crippen LogP contribution in [0.5, 0.6) is 0 Å². The number of pyridine rings is 1. The smallest absolute Gasteiger partial charge is 0.164 e. The van der Waals surface area contributed by atoms with Crippen molar-refractivity contribution in [1.82, 2.24) is 19.9 Å². The number of nitrogens with zero attached hydrogens (tertiary/aromatic N) is 4. The summed E-state index contributed by atoms with van der Waals surface area (Å²) in [6.45, 7) is 0. The monoisotopic (exact) mass is 592 g/mol. The second-order valence-electron chi connectivity index (χ2n) is 11.1. The fraction of sp³-hybridized carbons (Fsp3) is 0. The molecule has 210 valence electrons. The summed E-state index contributed by atoms with van der Waals surface area (Å²) in [6, 6.07) is 50.2. The van der Waals surface area contributed by atoms with E-state index in [0.29, 0.717) is 17.5 Å². The molecule has 0 atom stereocenters. The largest absolute Gasteiger partial charge is 0.247 e. The number of para-hydroxylation sites is 1. The van der Waals surface area contributed by atoms with Crippen molar-refractivity contribution in [3.8, 4) is 45.4 Å². The van der Waals surface area contributed by atoms with E-state index in [4.69, 9.17) is 19.9 Å². The van der Waals surface area contributed by atoms with E-state index in [9.17, 15) is 0 Å². The predicted molar refractivity (Wildman–Crippen MR) is 187 cm³/mol. The van der Waals surface area contributed by atoms with Gasteiger partial charge in [0.1, 0.15) is 0 Å². The topological polar surface area (TPSA) is 51.6 Å². The Labute approximate surface area is 263 Å². The van der Waals surface area contributed by atoms with E-state index in [1.54, 1.807) is 0 Å². The first-order valence-electron chi connectivity index (χ1n) is 14.9. The highest BCUT2D eigenvalue weighted by atomic mass is 32.1. The lowest BCUT2D eigenvalue weighted by Gasteiger charge is -2.12. The number of thiophene rings is 1. The Balaban J connectivity index is 1.22. The number of benzene rings is 6. The maximum Gasteiger partial charge on any atom is 0.164 e. The Morgan fingerprint density at radius 1 is 0.333 bits per heavy atom. The summed E-state index contributed by atoms with van der Waals surface area (Å²) in [4.78, 5) is 19.9. The fourth-order valence-electron chi connectivity index (χ4n) is 6.19. The minimum atomic E-state index is 0.636. The average Bonchev–Trinajstić information content (AvgIpc) is 3.51. The third kappa shape index (κ3) is 4.36. The van der Waals surface area contributed by atoms with E-state index in [-0.39, 0.29) is 0 Å². The van der Waals surface area contributed by atoms with Crippen LogP contribution in [0.15, 0.2) is 146 Å². The summed E-state index contributed by atoms with van der Waals surface area (Å²) in [6.07, 6.45) is 0. The molecule has 6 aromatic carbocycles. The summed E-state index contributed by atoms with van der Waals surface area (Å²) < 4.78 is 2.59. The van der Waals surface area contributed by atoms with Gasteiger partial charge in [-0.25, -0.2) is 19.9 Å². The van der Waals surface area contributed by atoms with Crippen LogP contribution >= 0.6 is 11.3 Å². The summed E-state index contributed by atoms with van der Waals surface area (Å²) >= 11 is 1.85. The van der Waals surface area contributed by atoms with Crippen LogP contribution in [0.25, 0.3) is 87.3 Å².